The van der Waals surface area contributed by atoms with Crippen molar-refractivity contribution in [2.75, 3.05) is 0 Å². The second-order valence-electron chi connectivity index (χ2n) is 2.16. The first-order valence-electron chi connectivity index (χ1n) is 2.95. The molecule has 0 saturated heterocycles. The topological polar surface area (TPSA) is 36.4 Å². The Morgan fingerprint density at radius 3 is 2.22 bits per heavy atom. The van der Waals surface area contributed by atoms with E-state index < -0.39 is 0 Å². The fourth-order valence-electron chi connectivity index (χ4n) is 0.638. The van der Waals surface area contributed by atoms with E-state index in [1.807, 2.05) is 20.8 Å². The summed E-state index contributed by atoms with van der Waals surface area (Å²) < 4.78 is 0. The molecule has 0 aromatic rings. The van der Waals surface area contributed by atoms with Crippen molar-refractivity contribution in [3.05, 3.63) is 11.4 Å². The molecule has 9 heavy (non-hydrogen) atoms. The Morgan fingerprint density at radius 2 is 1.78 bits per heavy atom. The van der Waals surface area contributed by atoms with Gasteiger partial charge in [0.25, 0.3) is 0 Å². The first kappa shape index (κ1) is 6.13. The van der Waals surface area contributed by atoms with Crippen molar-refractivity contribution in [2.45, 2.75) is 20.8 Å². The van der Waals surface area contributed by atoms with Crippen molar-refractivity contribution in [3.63, 3.8) is 0 Å². The minimum atomic E-state index is 0.915. The average Bonchev–Trinajstić information content (AvgIpc) is 1.80. The predicted molar refractivity (Wildman–Crippen MR) is 37.8 cm³/mol. The Bertz CT molecular complexity index is 179. The van der Waals surface area contributed by atoms with Gasteiger partial charge in [-0.25, -0.2) is 4.99 Å². The Morgan fingerprint density at radius 1 is 1.11 bits per heavy atom. The molecule has 1 aliphatic rings. The molecule has 0 aromatic heterocycles. The van der Waals surface area contributed by atoms with Crippen LogP contribution >= 0.6 is 0 Å². The molecule has 50 valence electrons. The van der Waals surface area contributed by atoms with Crippen molar-refractivity contribution in [3.8, 4) is 0 Å². The summed E-state index contributed by atoms with van der Waals surface area (Å²) in [6.45, 7) is 5.88. The smallest absolute Gasteiger partial charge is 0.117 e. The molecule has 0 saturated carbocycles. The monoisotopic (exact) mass is 125 g/mol. The van der Waals surface area contributed by atoms with Crippen LogP contribution in [0, 0.1) is 0 Å². The number of amidine groups is 1. The van der Waals surface area contributed by atoms with Crippen LogP contribution in [0.1, 0.15) is 20.8 Å². The third-order valence-electron chi connectivity index (χ3n) is 1.31. The Labute approximate surface area is 54.8 Å². The lowest BCUT2D eigenvalue weighted by Crippen LogP contribution is -2.37. The molecule has 1 rings (SSSR count). The van der Waals surface area contributed by atoms with Gasteiger partial charge in [0.15, 0.2) is 0 Å². The molecule has 0 fully saturated rings. The van der Waals surface area contributed by atoms with Gasteiger partial charge in [0.1, 0.15) is 5.84 Å². The maximum Gasteiger partial charge on any atom is 0.117 e. The predicted octanol–water partition coefficient (Wildman–Crippen LogP) is 0.764. The van der Waals surface area contributed by atoms with Crippen molar-refractivity contribution >= 4 is 5.84 Å². The summed E-state index contributed by atoms with van der Waals surface area (Å²) in [7, 11) is 0. The van der Waals surface area contributed by atoms with E-state index in [0.29, 0.717) is 0 Å². The molecule has 0 amide bonds. The summed E-state index contributed by atoms with van der Waals surface area (Å²) in [6.07, 6.45) is 0. The van der Waals surface area contributed by atoms with Crippen molar-refractivity contribution in [1.29, 1.82) is 0 Å². The standard InChI is InChI=1S/C6H11N3/c1-4-5(2)8-9-6(3)7-4/h8H,1-3H3,(H,7,9). The van der Waals surface area contributed by atoms with Crippen LogP contribution in [0.5, 0.6) is 0 Å². The quantitative estimate of drug-likeness (QED) is 0.501. The fourth-order valence-corrected chi connectivity index (χ4v) is 0.638. The Hall–Kier alpha value is -0.990. The molecule has 0 unspecified atom stereocenters. The van der Waals surface area contributed by atoms with E-state index in [9.17, 15) is 0 Å². The van der Waals surface area contributed by atoms with Gasteiger partial charge in [0, 0.05) is 5.70 Å². The highest BCUT2D eigenvalue weighted by Crippen LogP contribution is 2.03. The van der Waals surface area contributed by atoms with E-state index in [4.69, 9.17) is 0 Å². The summed E-state index contributed by atoms with van der Waals surface area (Å²) in [5.41, 5.74) is 8.02. The minimum absolute atomic E-state index is 0.915. The fraction of sp³-hybridized carbons (Fsp3) is 0.500. The third-order valence-corrected chi connectivity index (χ3v) is 1.31. The van der Waals surface area contributed by atoms with Gasteiger partial charge < -0.3 is 5.43 Å². The highest BCUT2D eigenvalue weighted by molar-refractivity contribution is 5.80. The van der Waals surface area contributed by atoms with Crippen LogP contribution in [-0.4, -0.2) is 5.84 Å². The van der Waals surface area contributed by atoms with E-state index in [1.54, 1.807) is 0 Å². The zero-order chi connectivity index (χ0) is 6.85. The number of hydrazine groups is 1. The van der Waals surface area contributed by atoms with Crippen LogP contribution in [0.3, 0.4) is 0 Å². The number of allylic oxidation sites excluding steroid dienone is 2. The Kier molecular flexibility index (Phi) is 1.42. The maximum atomic E-state index is 4.19. The van der Waals surface area contributed by atoms with Gasteiger partial charge in [-0.3, -0.25) is 5.43 Å². The number of rotatable bonds is 0. The van der Waals surface area contributed by atoms with Gasteiger partial charge in [-0.15, -0.1) is 0 Å². The number of nitrogens with zero attached hydrogens (tertiary/aromatic N) is 1. The molecule has 1 heterocycles. The van der Waals surface area contributed by atoms with Gasteiger partial charge >= 0.3 is 0 Å². The largest absolute Gasteiger partial charge is 0.302 e. The first-order chi connectivity index (χ1) is 4.20. The van der Waals surface area contributed by atoms with Crippen molar-refractivity contribution in [2.24, 2.45) is 4.99 Å². The summed E-state index contributed by atoms with van der Waals surface area (Å²) in [5, 5.41) is 0. The number of nitrogens with one attached hydrogen (secondary N) is 2. The van der Waals surface area contributed by atoms with Crippen LogP contribution in [0.2, 0.25) is 0 Å². The summed E-state index contributed by atoms with van der Waals surface area (Å²) >= 11 is 0. The number of hydrogen-bond donors (Lipinski definition) is 2. The van der Waals surface area contributed by atoms with Crippen molar-refractivity contribution in [1.82, 2.24) is 10.9 Å². The third kappa shape index (κ3) is 1.22. The zero-order valence-corrected chi connectivity index (χ0v) is 5.95. The molecule has 3 nitrogen and oxygen atoms in total. The van der Waals surface area contributed by atoms with E-state index in [2.05, 4.69) is 15.8 Å². The molecule has 0 bridgehead atoms. The molecule has 2 N–H and O–H groups in total. The van der Waals surface area contributed by atoms with E-state index in [0.717, 1.165) is 17.2 Å². The summed E-state index contributed by atoms with van der Waals surface area (Å²) in [6, 6.07) is 0. The molecule has 0 spiro atoms. The van der Waals surface area contributed by atoms with Crippen LogP contribution in [0.4, 0.5) is 0 Å². The Balaban J connectivity index is 2.83. The lowest BCUT2D eigenvalue weighted by molar-refractivity contribution is 0.726. The summed E-state index contributed by atoms with van der Waals surface area (Å²) in [5.74, 6) is 0.915. The van der Waals surface area contributed by atoms with E-state index in [-0.39, 0.29) is 0 Å². The van der Waals surface area contributed by atoms with Gasteiger partial charge in [-0.05, 0) is 20.8 Å². The first-order valence-corrected chi connectivity index (χ1v) is 2.95. The van der Waals surface area contributed by atoms with Crippen LogP contribution in [0.15, 0.2) is 16.4 Å². The normalized spacial score (nSPS) is 18.3. The highest BCUT2D eigenvalue weighted by Gasteiger charge is 2.00. The SMILES string of the molecule is CC1=NC(C)=C(C)NN1. The zero-order valence-electron chi connectivity index (χ0n) is 5.95. The number of hydrogen-bond acceptors (Lipinski definition) is 3. The molecule has 1 aliphatic heterocycles. The van der Waals surface area contributed by atoms with Crippen LogP contribution in [-0.2, 0) is 0 Å². The second-order valence-corrected chi connectivity index (χ2v) is 2.16. The molecule has 0 radical (unpaired) electrons. The van der Waals surface area contributed by atoms with Crippen LogP contribution < -0.4 is 10.9 Å². The van der Waals surface area contributed by atoms with Gasteiger partial charge in [-0.1, -0.05) is 0 Å². The van der Waals surface area contributed by atoms with Gasteiger partial charge in [0.05, 0.1) is 5.70 Å². The van der Waals surface area contributed by atoms with Gasteiger partial charge in [-0.2, -0.15) is 0 Å². The molecule has 0 aliphatic carbocycles. The number of aliphatic imine (C=N–C) groups is 1. The lowest BCUT2D eigenvalue weighted by Gasteiger charge is -2.15. The minimum Gasteiger partial charge on any atom is -0.302 e. The molecular formula is C6H11N3. The molecule has 3 heteroatoms. The average molecular weight is 125 g/mol. The molecule has 0 atom stereocenters. The molecule has 0 aromatic carbocycles. The summed E-state index contributed by atoms with van der Waals surface area (Å²) in [4.78, 5) is 4.19. The van der Waals surface area contributed by atoms with Crippen molar-refractivity contribution < 1.29 is 0 Å². The highest BCUT2D eigenvalue weighted by atomic mass is 15.4. The van der Waals surface area contributed by atoms with Gasteiger partial charge in [0.2, 0.25) is 0 Å². The molecular weight excluding hydrogens is 114 g/mol. The van der Waals surface area contributed by atoms with E-state index >= 15 is 0 Å². The van der Waals surface area contributed by atoms with Crippen LogP contribution in [0.25, 0.3) is 0 Å². The maximum absolute atomic E-state index is 4.19. The lowest BCUT2D eigenvalue weighted by atomic mass is 10.4. The second kappa shape index (κ2) is 2.09. The van der Waals surface area contributed by atoms with E-state index in [1.165, 1.54) is 0 Å².